The molecule has 6 heteroatoms. The lowest BCUT2D eigenvalue weighted by molar-refractivity contribution is -0.119. The number of urea groups is 1. The molecule has 1 N–H and O–H groups in total. The largest absolute Gasteiger partial charge is 0.342 e. The van der Waals surface area contributed by atoms with E-state index in [1.165, 1.54) is 0 Å². The summed E-state index contributed by atoms with van der Waals surface area (Å²) < 4.78 is 0. The maximum Gasteiger partial charge on any atom is 0.317 e. The first kappa shape index (κ1) is 13.1. The topological polar surface area (TPSA) is 55.9 Å². The Kier molecular flexibility index (Phi) is 4.41. The van der Waals surface area contributed by atoms with Gasteiger partial charge in [-0.15, -0.1) is 0 Å². The van der Waals surface area contributed by atoms with Gasteiger partial charge in [0.05, 0.1) is 0 Å². The molecule has 2 heterocycles. The van der Waals surface area contributed by atoms with Crippen LogP contribution in [0.1, 0.15) is 12.8 Å². The van der Waals surface area contributed by atoms with Crippen LogP contribution in [-0.4, -0.2) is 79.5 Å². The van der Waals surface area contributed by atoms with E-state index in [1.807, 2.05) is 0 Å². The molecule has 2 rings (SSSR count). The quantitative estimate of drug-likeness (QED) is 0.680. The Hall–Kier alpha value is -1.30. The highest BCUT2D eigenvalue weighted by Crippen LogP contribution is 2.09. The summed E-state index contributed by atoms with van der Waals surface area (Å²) in [5, 5.41) is 3.10. The van der Waals surface area contributed by atoms with Crippen LogP contribution in [-0.2, 0) is 4.79 Å². The van der Waals surface area contributed by atoms with Gasteiger partial charge in [0.2, 0.25) is 6.41 Å². The molecule has 6 nitrogen and oxygen atoms in total. The van der Waals surface area contributed by atoms with Crippen LogP contribution >= 0.6 is 0 Å². The van der Waals surface area contributed by atoms with Gasteiger partial charge in [-0.25, -0.2) is 4.79 Å². The van der Waals surface area contributed by atoms with E-state index in [0.717, 1.165) is 32.3 Å². The predicted molar refractivity (Wildman–Crippen MR) is 68.3 cm³/mol. The molecule has 0 aromatic rings. The van der Waals surface area contributed by atoms with Crippen molar-refractivity contribution in [1.29, 1.82) is 0 Å². The number of nitrogens with zero attached hydrogens (tertiary/aromatic N) is 3. The molecule has 18 heavy (non-hydrogen) atoms. The number of rotatable bonds is 2. The minimum Gasteiger partial charge on any atom is -0.342 e. The highest BCUT2D eigenvalue weighted by Gasteiger charge is 2.23. The molecule has 0 unspecified atom stereocenters. The van der Waals surface area contributed by atoms with Crippen LogP contribution in [0, 0.1) is 0 Å². The first-order valence-corrected chi connectivity index (χ1v) is 6.62. The molecule has 0 aliphatic carbocycles. The summed E-state index contributed by atoms with van der Waals surface area (Å²) in [5.74, 6) is 0. The molecule has 3 amide bonds. The predicted octanol–water partition coefficient (Wildman–Crippen LogP) is -0.436. The average molecular weight is 254 g/mol. The lowest BCUT2D eigenvalue weighted by atomic mass is 10.1. The number of hydrogen-bond donors (Lipinski definition) is 1. The maximum absolute atomic E-state index is 12.0. The molecule has 2 aliphatic heterocycles. The molecule has 0 aromatic carbocycles. The lowest BCUT2D eigenvalue weighted by Crippen LogP contribution is -2.54. The van der Waals surface area contributed by atoms with Gasteiger partial charge in [0.1, 0.15) is 0 Å². The molecule has 2 aliphatic rings. The number of amides is 3. The van der Waals surface area contributed by atoms with Gasteiger partial charge in [-0.1, -0.05) is 0 Å². The monoisotopic (exact) mass is 254 g/mol. The Morgan fingerprint density at radius 1 is 1.11 bits per heavy atom. The van der Waals surface area contributed by atoms with E-state index in [1.54, 1.807) is 9.80 Å². The molecule has 2 fully saturated rings. The van der Waals surface area contributed by atoms with Crippen LogP contribution in [0.25, 0.3) is 0 Å². The molecular formula is C12H22N4O2. The number of piperazine rings is 1. The fourth-order valence-corrected chi connectivity index (χ4v) is 2.45. The Labute approximate surface area is 108 Å². The second kappa shape index (κ2) is 6.04. The van der Waals surface area contributed by atoms with Gasteiger partial charge in [0, 0.05) is 32.2 Å². The molecule has 102 valence electrons. The highest BCUT2D eigenvalue weighted by atomic mass is 16.2. The highest BCUT2D eigenvalue weighted by molar-refractivity contribution is 5.74. The fourth-order valence-electron chi connectivity index (χ4n) is 2.45. The van der Waals surface area contributed by atoms with E-state index in [2.05, 4.69) is 17.3 Å². The zero-order valence-corrected chi connectivity index (χ0v) is 11.0. The third kappa shape index (κ3) is 3.35. The van der Waals surface area contributed by atoms with Gasteiger partial charge < -0.3 is 20.0 Å². The van der Waals surface area contributed by atoms with Crippen molar-refractivity contribution < 1.29 is 9.59 Å². The van der Waals surface area contributed by atoms with Crippen molar-refractivity contribution >= 4 is 12.4 Å². The Morgan fingerprint density at radius 2 is 1.72 bits per heavy atom. The van der Waals surface area contributed by atoms with E-state index >= 15 is 0 Å². The number of hydrogen-bond acceptors (Lipinski definition) is 3. The zero-order valence-electron chi connectivity index (χ0n) is 11.0. The number of carbonyl (C=O) groups is 2. The molecule has 0 aromatic heterocycles. The second-order valence-corrected chi connectivity index (χ2v) is 5.16. The van der Waals surface area contributed by atoms with E-state index < -0.39 is 0 Å². The van der Waals surface area contributed by atoms with Gasteiger partial charge in [-0.2, -0.15) is 0 Å². The van der Waals surface area contributed by atoms with E-state index in [-0.39, 0.29) is 6.03 Å². The van der Waals surface area contributed by atoms with E-state index in [0.29, 0.717) is 32.2 Å². The van der Waals surface area contributed by atoms with Crippen molar-refractivity contribution in [1.82, 2.24) is 20.0 Å². The summed E-state index contributed by atoms with van der Waals surface area (Å²) in [7, 11) is 2.11. The smallest absolute Gasteiger partial charge is 0.317 e. The lowest BCUT2D eigenvalue weighted by Gasteiger charge is -2.35. The minimum atomic E-state index is 0.0232. The first-order valence-electron chi connectivity index (χ1n) is 6.62. The fraction of sp³-hybridized carbons (Fsp3) is 0.833. The SMILES string of the molecule is CN1CCC(NC(=O)N2CCN(C=O)CC2)CC1. The number of piperidine rings is 1. The third-order valence-corrected chi connectivity index (χ3v) is 3.80. The zero-order chi connectivity index (χ0) is 13.0. The summed E-state index contributed by atoms with van der Waals surface area (Å²) in [6.45, 7) is 4.65. The van der Waals surface area contributed by atoms with E-state index in [9.17, 15) is 9.59 Å². The number of carbonyl (C=O) groups excluding carboxylic acids is 2. The van der Waals surface area contributed by atoms with Crippen LogP contribution in [0.5, 0.6) is 0 Å². The third-order valence-electron chi connectivity index (χ3n) is 3.80. The van der Waals surface area contributed by atoms with Crippen molar-refractivity contribution in [2.24, 2.45) is 0 Å². The van der Waals surface area contributed by atoms with Crippen LogP contribution in [0.2, 0.25) is 0 Å². The van der Waals surface area contributed by atoms with Gasteiger partial charge in [-0.05, 0) is 33.0 Å². The number of nitrogens with one attached hydrogen (secondary N) is 1. The standard InChI is InChI=1S/C12H22N4O2/c1-14-4-2-11(3-5-14)13-12(18)16-8-6-15(10-17)7-9-16/h10-11H,2-9H2,1H3,(H,13,18). The minimum absolute atomic E-state index is 0.0232. The van der Waals surface area contributed by atoms with Crippen molar-refractivity contribution in [2.75, 3.05) is 46.3 Å². The molecule has 0 spiro atoms. The Morgan fingerprint density at radius 3 is 2.28 bits per heavy atom. The molecule has 0 saturated carbocycles. The van der Waals surface area contributed by atoms with Crippen LogP contribution in [0.3, 0.4) is 0 Å². The summed E-state index contributed by atoms with van der Waals surface area (Å²) >= 11 is 0. The first-order chi connectivity index (χ1) is 8.69. The van der Waals surface area contributed by atoms with Crippen LogP contribution in [0.15, 0.2) is 0 Å². The summed E-state index contributed by atoms with van der Waals surface area (Å²) in [6, 6.07) is 0.327. The Balaban J connectivity index is 1.73. The van der Waals surface area contributed by atoms with Crippen molar-refractivity contribution in [2.45, 2.75) is 18.9 Å². The maximum atomic E-state index is 12.0. The molecule has 0 bridgehead atoms. The van der Waals surface area contributed by atoms with Crippen molar-refractivity contribution in [3.63, 3.8) is 0 Å². The van der Waals surface area contributed by atoms with E-state index in [4.69, 9.17) is 0 Å². The average Bonchev–Trinajstić information content (AvgIpc) is 2.41. The van der Waals surface area contributed by atoms with Gasteiger partial charge in [0.15, 0.2) is 0 Å². The summed E-state index contributed by atoms with van der Waals surface area (Å²) in [6.07, 6.45) is 2.90. The summed E-state index contributed by atoms with van der Waals surface area (Å²) in [4.78, 5) is 28.4. The number of likely N-dealkylation sites (tertiary alicyclic amines) is 1. The molecular weight excluding hydrogens is 232 g/mol. The normalized spacial score (nSPS) is 22.9. The van der Waals surface area contributed by atoms with Crippen LogP contribution in [0.4, 0.5) is 4.79 Å². The van der Waals surface area contributed by atoms with Gasteiger partial charge >= 0.3 is 6.03 Å². The molecule has 0 atom stereocenters. The summed E-state index contributed by atoms with van der Waals surface area (Å²) in [5.41, 5.74) is 0. The Bertz CT molecular complexity index is 294. The van der Waals surface area contributed by atoms with Gasteiger partial charge in [0.25, 0.3) is 0 Å². The van der Waals surface area contributed by atoms with Crippen molar-refractivity contribution in [3.8, 4) is 0 Å². The second-order valence-electron chi connectivity index (χ2n) is 5.16. The van der Waals surface area contributed by atoms with Crippen molar-refractivity contribution in [3.05, 3.63) is 0 Å². The molecule has 2 saturated heterocycles. The van der Waals surface area contributed by atoms with Crippen LogP contribution < -0.4 is 5.32 Å². The van der Waals surface area contributed by atoms with Gasteiger partial charge in [-0.3, -0.25) is 4.79 Å². The molecule has 0 radical (unpaired) electrons.